The van der Waals surface area contributed by atoms with Crippen molar-refractivity contribution in [2.75, 3.05) is 18.4 Å². The van der Waals surface area contributed by atoms with Crippen LogP contribution < -0.4 is 5.32 Å². The normalized spacial score (nSPS) is 21.8. The Hall–Kier alpha value is -2.16. The maximum atomic E-state index is 12.8. The number of amides is 1. The number of benzene rings is 1. The van der Waals surface area contributed by atoms with Crippen molar-refractivity contribution in [3.05, 3.63) is 48.4 Å². The van der Waals surface area contributed by atoms with Gasteiger partial charge in [-0.2, -0.15) is 4.31 Å². The smallest absolute Gasteiger partial charge is 0.291 e. The molecule has 1 aliphatic rings. The molecular weight excluding hydrogens is 344 g/mol. The predicted octanol–water partition coefficient (Wildman–Crippen LogP) is 2.33. The summed E-state index contributed by atoms with van der Waals surface area (Å²) in [5.74, 6) is -0.204. The molecule has 1 amide bonds. The molecule has 1 aromatic heterocycles. The highest BCUT2D eigenvalue weighted by molar-refractivity contribution is 7.89. The first-order valence-electron chi connectivity index (χ1n) is 7.97. The fourth-order valence-corrected chi connectivity index (χ4v) is 4.38. The Labute approximate surface area is 146 Å². The molecule has 2 aromatic rings. The predicted molar refractivity (Wildman–Crippen MR) is 91.9 cm³/mol. The number of carbonyl (C=O) groups excluding carboxylic acids is 1. The summed E-state index contributed by atoms with van der Waals surface area (Å²) in [6.07, 6.45) is 1.12. The van der Waals surface area contributed by atoms with Gasteiger partial charge in [-0.05, 0) is 50.2 Å². The number of furan rings is 1. The van der Waals surface area contributed by atoms with Crippen molar-refractivity contribution in [2.45, 2.75) is 31.0 Å². The van der Waals surface area contributed by atoms with Crippen molar-refractivity contribution in [3.63, 3.8) is 0 Å². The second-order valence-electron chi connectivity index (χ2n) is 6.04. The van der Waals surface area contributed by atoms with Gasteiger partial charge in [0.2, 0.25) is 10.0 Å². The van der Waals surface area contributed by atoms with E-state index in [-0.39, 0.29) is 22.9 Å². The van der Waals surface area contributed by atoms with Crippen molar-refractivity contribution >= 4 is 21.6 Å². The van der Waals surface area contributed by atoms with Crippen LogP contribution in [0.25, 0.3) is 0 Å². The van der Waals surface area contributed by atoms with Crippen molar-refractivity contribution < 1.29 is 22.4 Å². The van der Waals surface area contributed by atoms with Gasteiger partial charge in [-0.15, -0.1) is 0 Å². The minimum atomic E-state index is -3.59. The molecule has 0 saturated carbocycles. The average molecular weight is 364 g/mol. The summed E-state index contributed by atoms with van der Waals surface area (Å²) >= 11 is 0. The first-order valence-corrected chi connectivity index (χ1v) is 9.41. The molecule has 0 bridgehead atoms. The molecule has 134 valence electrons. The van der Waals surface area contributed by atoms with Crippen LogP contribution in [0.1, 0.15) is 24.4 Å². The SMILES string of the molecule is C[C@H]1CN(S(=O)(=O)c2ccc(NC(=O)c3ccco3)cc2)C[C@H](C)O1. The van der Waals surface area contributed by atoms with E-state index in [2.05, 4.69) is 5.32 Å². The number of ether oxygens (including phenoxy) is 1. The molecule has 1 aliphatic heterocycles. The Kier molecular flexibility index (Phi) is 4.94. The van der Waals surface area contributed by atoms with Gasteiger partial charge in [0, 0.05) is 18.8 Å². The standard InChI is InChI=1S/C17H20N2O5S/c1-12-10-19(11-13(2)24-12)25(21,22)15-7-5-14(6-8-15)18-17(20)16-4-3-9-23-16/h3-9,12-13H,10-11H2,1-2H3,(H,18,20)/t12-,13-/m0/s1. The van der Waals surface area contributed by atoms with Crippen LogP contribution in [0.5, 0.6) is 0 Å². The first-order chi connectivity index (χ1) is 11.9. The van der Waals surface area contributed by atoms with Crippen LogP contribution in [-0.2, 0) is 14.8 Å². The summed E-state index contributed by atoms with van der Waals surface area (Å²) in [5, 5.41) is 2.66. The highest BCUT2D eigenvalue weighted by Gasteiger charge is 2.32. The van der Waals surface area contributed by atoms with Gasteiger partial charge < -0.3 is 14.5 Å². The lowest BCUT2D eigenvalue weighted by Crippen LogP contribution is -2.48. The van der Waals surface area contributed by atoms with Gasteiger partial charge in [-0.3, -0.25) is 4.79 Å². The van der Waals surface area contributed by atoms with Gasteiger partial charge in [-0.1, -0.05) is 0 Å². The molecule has 1 aromatic carbocycles. The number of rotatable bonds is 4. The highest BCUT2D eigenvalue weighted by atomic mass is 32.2. The van der Waals surface area contributed by atoms with Crippen LogP contribution in [0.15, 0.2) is 52.0 Å². The van der Waals surface area contributed by atoms with Gasteiger partial charge in [0.1, 0.15) is 0 Å². The molecule has 1 fully saturated rings. The van der Waals surface area contributed by atoms with E-state index in [1.54, 1.807) is 24.3 Å². The third kappa shape index (κ3) is 3.92. The number of anilines is 1. The average Bonchev–Trinajstić information content (AvgIpc) is 3.09. The monoisotopic (exact) mass is 364 g/mol. The number of hydrogen-bond donors (Lipinski definition) is 1. The van der Waals surface area contributed by atoms with Crippen molar-refractivity contribution in [1.29, 1.82) is 0 Å². The highest BCUT2D eigenvalue weighted by Crippen LogP contribution is 2.22. The Morgan fingerprint density at radius 3 is 2.32 bits per heavy atom. The summed E-state index contributed by atoms with van der Waals surface area (Å²) in [4.78, 5) is 12.1. The maximum Gasteiger partial charge on any atom is 0.291 e. The van der Waals surface area contributed by atoms with Crippen molar-refractivity contribution in [2.24, 2.45) is 0 Å². The molecule has 3 rings (SSSR count). The van der Waals surface area contributed by atoms with E-state index in [9.17, 15) is 13.2 Å². The van der Waals surface area contributed by atoms with Gasteiger partial charge >= 0.3 is 0 Å². The number of carbonyl (C=O) groups is 1. The van der Waals surface area contributed by atoms with E-state index in [0.717, 1.165) is 0 Å². The van der Waals surface area contributed by atoms with E-state index in [4.69, 9.17) is 9.15 Å². The first kappa shape index (κ1) is 17.7. The second kappa shape index (κ2) is 6.99. The third-order valence-corrected chi connectivity index (χ3v) is 5.73. The van der Waals surface area contributed by atoms with Gasteiger partial charge in [0.05, 0.1) is 23.4 Å². The van der Waals surface area contributed by atoms with Crippen LogP contribution in [0.3, 0.4) is 0 Å². The van der Waals surface area contributed by atoms with Crippen LogP contribution in [0.2, 0.25) is 0 Å². The quantitative estimate of drug-likeness (QED) is 0.899. The molecule has 2 heterocycles. The zero-order valence-corrected chi connectivity index (χ0v) is 14.8. The van der Waals surface area contributed by atoms with Gasteiger partial charge in [0.15, 0.2) is 5.76 Å². The number of hydrogen-bond acceptors (Lipinski definition) is 5. The van der Waals surface area contributed by atoms with E-state index in [1.807, 2.05) is 13.8 Å². The summed E-state index contributed by atoms with van der Waals surface area (Å²) in [7, 11) is -3.59. The molecule has 2 atom stereocenters. The van der Waals surface area contributed by atoms with Gasteiger partial charge in [-0.25, -0.2) is 8.42 Å². The lowest BCUT2D eigenvalue weighted by molar-refractivity contribution is -0.0440. The Morgan fingerprint density at radius 2 is 1.76 bits per heavy atom. The fraction of sp³-hybridized carbons (Fsp3) is 0.353. The molecule has 7 nitrogen and oxygen atoms in total. The largest absolute Gasteiger partial charge is 0.459 e. The van der Waals surface area contributed by atoms with Crippen LogP contribution in [-0.4, -0.2) is 43.9 Å². The Morgan fingerprint density at radius 1 is 1.12 bits per heavy atom. The van der Waals surface area contributed by atoms with E-state index in [1.165, 1.54) is 22.7 Å². The molecule has 8 heteroatoms. The summed E-state index contributed by atoms with van der Waals surface area (Å²) in [5.41, 5.74) is 0.490. The molecule has 1 saturated heterocycles. The molecule has 25 heavy (non-hydrogen) atoms. The Balaban J connectivity index is 1.74. The number of nitrogens with one attached hydrogen (secondary N) is 1. The summed E-state index contributed by atoms with van der Waals surface area (Å²) < 4.78 is 37.6. The molecule has 1 N–H and O–H groups in total. The minimum absolute atomic E-state index is 0.148. The molecular formula is C17H20N2O5S. The van der Waals surface area contributed by atoms with Crippen LogP contribution in [0, 0.1) is 0 Å². The van der Waals surface area contributed by atoms with E-state index in [0.29, 0.717) is 18.8 Å². The van der Waals surface area contributed by atoms with Gasteiger partial charge in [0.25, 0.3) is 5.91 Å². The third-order valence-electron chi connectivity index (χ3n) is 3.88. The lowest BCUT2D eigenvalue weighted by Gasteiger charge is -2.34. The number of morpholine rings is 1. The lowest BCUT2D eigenvalue weighted by atomic mass is 10.3. The zero-order chi connectivity index (χ0) is 18.0. The topological polar surface area (TPSA) is 88.9 Å². The van der Waals surface area contributed by atoms with Crippen LogP contribution in [0.4, 0.5) is 5.69 Å². The second-order valence-corrected chi connectivity index (χ2v) is 7.97. The fourth-order valence-electron chi connectivity index (χ4n) is 2.79. The molecule has 0 spiro atoms. The maximum absolute atomic E-state index is 12.8. The van der Waals surface area contributed by atoms with E-state index < -0.39 is 15.9 Å². The summed E-state index contributed by atoms with van der Waals surface area (Å²) in [6, 6.07) is 9.25. The van der Waals surface area contributed by atoms with Crippen molar-refractivity contribution in [1.82, 2.24) is 4.31 Å². The Bertz CT molecular complexity index is 820. The minimum Gasteiger partial charge on any atom is -0.459 e. The summed E-state index contributed by atoms with van der Waals surface area (Å²) in [6.45, 7) is 4.35. The molecule has 0 radical (unpaired) electrons. The number of nitrogens with zero attached hydrogens (tertiary/aromatic N) is 1. The zero-order valence-electron chi connectivity index (χ0n) is 14.0. The van der Waals surface area contributed by atoms with Crippen molar-refractivity contribution in [3.8, 4) is 0 Å². The van der Waals surface area contributed by atoms with E-state index >= 15 is 0 Å². The number of sulfonamides is 1. The molecule has 0 aliphatic carbocycles. The van der Waals surface area contributed by atoms with Crippen LogP contribution >= 0.6 is 0 Å². The molecule has 0 unspecified atom stereocenters.